The van der Waals surface area contributed by atoms with E-state index >= 15 is 4.39 Å². The molecule has 9 nitrogen and oxygen atoms in total. The Morgan fingerprint density at radius 1 is 1.18 bits per heavy atom. The Morgan fingerprint density at radius 2 is 2.00 bits per heavy atom. The Hall–Kier alpha value is -5.04. The molecule has 1 aliphatic heterocycles. The molecular formula is C28H23FN6O3. The van der Waals surface area contributed by atoms with Gasteiger partial charge in [-0.1, -0.05) is 24.8 Å². The maximum absolute atomic E-state index is 15.0. The molecule has 190 valence electrons. The number of rotatable bonds is 8. The molecular weight excluding hydrogens is 487 g/mol. The van der Waals surface area contributed by atoms with Crippen LogP contribution < -0.4 is 10.1 Å². The number of H-pyrrole nitrogens is 1. The summed E-state index contributed by atoms with van der Waals surface area (Å²) in [5, 5.41) is 12.7. The standard InChI is InChI=1S/C28H23FN6O3/c1-17(13-30)28(37)35-11-5-6-18(35)14-31-26-24-22(15-32-27(24)34-16-33-26)25(36)21-10-9-20(12-23(21)29)38-19-7-3-2-4-8-19/h2-4,7-10,12,15-16,18H,1,5-6,11,14H2,(H2,31,32,33,34). The number of carbonyl (C=O) groups excluding carboxylic acids is 2. The summed E-state index contributed by atoms with van der Waals surface area (Å²) < 4.78 is 20.7. The number of aromatic amines is 1. The van der Waals surface area contributed by atoms with Crippen LogP contribution in [0.25, 0.3) is 11.0 Å². The van der Waals surface area contributed by atoms with Crippen molar-refractivity contribution in [1.29, 1.82) is 5.26 Å². The van der Waals surface area contributed by atoms with Gasteiger partial charge in [0.25, 0.3) is 5.91 Å². The number of halogens is 1. The summed E-state index contributed by atoms with van der Waals surface area (Å²) in [6, 6.07) is 14.7. The minimum Gasteiger partial charge on any atom is -0.457 e. The third kappa shape index (κ3) is 4.82. The van der Waals surface area contributed by atoms with Crippen LogP contribution in [-0.4, -0.2) is 50.7 Å². The number of benzene rings is 2. The molecule has 0 radical (unpaired) electrons. The van der Waals surface area contributed by atoms with Gasteiger partial charge in [0.2, 0.25) is 0 Å². The average Bonchev–Trinajstić information content (AvgIpc) is 3.59. The highest BCUT2D eigenvalue weighted by molar-refractivity contribution is 6.18. The molecule has 1 aliphatic rings. The maximum Gasteiger partial charge on any atom is 0.264 e. The molecule has 5 rings (SSSR count). The predicted molar refractivity (Wildman–Crippen MR) is 138 cm³/mol. The molecule has 4 aromatic rings. The van der Waals surface area contributed by atoms with E-state index in [2.05, 4.69) is 26.8 Å². The van der Waals surface area contributed by atoms with Crippen molar-refractivity contribution in [3.05, 3.63) is 90.2 Å². The van der Waals surface area contributed by atoms with E-state index in [0.717, 1.165) is 12.8 Å². The highest BCUT2D eigenvalue weighted by Gasteiger charge is 2.30. The fourth-order valence-electron chi connectivity index (χ4n) is 4.54. The van der Waals surface area contributed by atoms with Crippen LogP contribution in [0, 0.1) is 17.1 Å². The van der Waals surface area contributed by atoms with E-state index in [1.165, 1.54) is 30.7 Å². The number of nitriles is 1. The number of ether oxygens (including phenoxy) is 1. The molecule has 1 atom stereocenters. The van der Waals surface area contributed by atoms with E-state index in [9.17, 15) is 9.59 Å². The summed E-state index contributed by atoms with van der Waals surface area (Å²) in [5.74, 6) is -0.456. The first-order valence-electron chi connectivity index (χ1n) is 12.0. The van der Waals surface area contributed by atoms with Gasteiger partial charge in [0.15, 0.2) is 5.78 Å². The lowest BCUT2D eigenvalue weighted by Crippen LogP contribution is -2.40. The third-order valence-electron chi connectivity index (χ3n) is 6.41. The maximum atomic E-state index is 15.0. The second kappa shape index (κ2) is 10.5. The number of nitrogens with zero attached hydrogens (tertiary/aromatic N) is 4. The summed E-state index contributed by atoms with van der Waals surface area (Å²) in [6.45, 7) is 4.40. The van der Waals surface area contributed by atoms with Crippen molar-refractivity contribution in [2.24, 2.45) is 0 Å². The average molecular weight is 511 g/mol. The van der Waals surface area contributed by atoms with E-state index < -0.39 is 17.5 Å². The molecule has 0 bridgehead atoms. The van der Waals surface area contributed by atoms with Crippen LogP contribution in [0.15, 0.2) is 73.2 Å². The quantitative estimate of drug-likeness (QED) is 0.202. The highest BCUT2D eigenvalue weighted by Crippen LogP contribution is 2.29. The van der Waals surface area contributed by atoms with Gasteiger partial charge in [0, 0.05) is 31.4 Å². The summed E-state index contributed by atoms with van der Waals surface area (Å²) >= 11 is 0. The lowest BCUT2D eigenvalue weighted by molar-refractivity contribution is -0.127. The summed E-state index contributed by atoms with van der Waals surface area (Å²) in [5.41, 5.74) is 0.384. The van der Waals surface area contributed by atoms with Gasteiger partial charge in [-0.15, -0.1) is 0 Å². The minimum absolute atomic E-state index is 0.109. The second-order valence-corrected chi connectivity index (χ2v) is 8.80. The fraction of sp³-hybridized carbons (Fsp3) is 0.179. The van der Waals surface area contributed by atoms with Crippen molar-refractivity contribution in [3.8, 4) is 17.6 Å². The van der Waals surface area contributed by atoms with Gasteiger partial charge in [0.05, 0.1) is 16.5 Å². The van der Waals surface area contributed by atoms with Crippen molar-refractivity contribution in [1.82, 2.24) is 19.9 Å². The van der Waals surface area contributed by atoms with Crippen molar-refractivity contribution in [2.45, 2.75) is 18.9 Å². The topological polar surface area (TPSA) is 124 Å². The molecule has 0 aliphatic carbocycles. The molecule has 2 aromatic carbocycles. The number of carbonyl (C=O) groups is 2. The number of aromatic nitrogens is 3. The molecule has 2 aromatic heterocycles. The number of ketones is 1. The first kappa shape index (κ1) is 24.6. The Bertz CT molecular complexity index is 1580. The molecule has 0 saturated carbocycles. The molecule has 1 amide bonds. The van der Waals surface area contributed by atoms with Crippen LogP contribution in [0.5, 0.6) is 11.5 Å². The molecule has 1 unspecified atom stereocenters. The first-order chi connectivity index (χ1) is 18.5. The van der Waals surface area contributed by atoms with Gasteiger partial charge in [-0.3, -0.25) is 9.59 Å². The highest BCUT2D eigenvalue weighted by atomic mass is 19.1. The number of hydrogen-bond donors (Lipinski definition) is 2. The molecule has 1 saturated heterocycles. The van der Waals surface area contributed by atoms with Crippen LogP contribution in [0.2, 0.25) is 0 Å². The number of nitrogens with one attached hydrogen (secondary N) is 2. The lowest BCUT2D eigenvalue weighted by Gasteiger charge is -2.24. The van der Waals surface area contributed by atoms with Crippen LogP contribution in [0.1, 0.15) is 28.8 Å². The molecule has 0 spiro atoms. The van der Waals surface area contributed by atoms with Crippen molar-refractivity contribution >= 4 is 28.5 Å². The van der Waals surface area contributed by atoms with E-state index in [1.54, 1.807) is 35.2 Å². The van der Waals surface area contributed by atoms with Crippen molar-refractivity contribution in [2.75, 3.05) is 18.4 Å². The van der Waals surface area contributed by atoms with Crippen LogP contribution in [0.4, 0.5) is 10.2 Å². The number of likely N-dealkylation sites (tertiary alicyclic amines) is 1. The summed E-state index contributed by atoms with van der Waals surface area (Å²) in [4.78, 5) is 38.9. The monoisotopic (exact) mass is 510 g/mol. The Labute approximate surface area is 217 Å². The van der Waals surface area contributed by atoms with Gasteiger partial charge in [0.1, 0.15) is 46.8 Å². The molecule has 38 heavy (non-hydrogen) atoms. The number of fused-ring (bicyclic) bond motifs is 1. The van der Waals surface area contributed by atoms with E-state index in [1.807, 2.05) is 6.07 Å². The zero-order valence-electron chi connectivity index (χ0n) is 20.3. The molecule has 3 heterocycles. The van der Waals surface area contributed by atoms with Crippen molar-refractivity contribution < 1.29 is 18.7 Å². The van der Waals surface area contributed by atoms with Gasteiger partial charge in [-0.2, -0.15) is 5.26 Å². The van der Waals surface area contributed by atoms with Gasteiger partial charge < -0.3 is 19.9 Å². The van der Waals surface area contributed by atoms with Crippen LogP contribution >= 0.6 is 0 Å². The van der Waals surface area contributed by atoms with Crippen LogP contribution in [-0.2, 0) is 4.79 Å². The Balaban J connectivity index is 1.38. The van der Waals surface area contributed by atoms with Gasteiger partial charge in [-0.05, 0) is 37.1 Å². The minimum atomic E-state index is -0.720. The Morgan fingerprint density at radius 3 is 2.76 bits per heavy atom. The zero-order chi connectivity index (χ0) is 26.6. The Kier molecular flexibility index (Phi) is 6.82. The fourth-order valence-corrected chi connectivity index (χ4v) is 4.54. The second-order valence-electron chi connectivity index (χ2n) is 8.80. The predicted octanol–water partition coefficient (Wildman–Crippen LogP) is 4.60. The number of hydrogen-bond acceptors (Lipinski definition) is 7. The SMILES string of the molecule is C=C(C#N)C(=O)N1CCCC1CNc1ncnc2[nH]cc(C(=O)c3ccc(Oc4ccccc4)cc3F)c12. The van der Waals surface area contributed by atoms with Crippen LogP contribution in [0.3, 0.4) is 0 Å². The number of anilines is 1. The van der Waals surface area contributed by atoms with E-state index in [-0.39, 0.29) is 28.5 Å². The van der Waals surface area contributed by atoms with Gasteiger partial charge >= 0.3 is 0 Å². The summed E-state index contributed by atoms with van der Waals surface area (Å²) in [6.07, 6.45) is 4.37. The molecule has 2 N–H and O–H groups in total. The van der Waals surface area contributed by atoms with Crippen molar-refractivity contribution in [3.63, 3.8) is 0 Å². The zero-order valence-corrected chi connectivity index (χ0v) is 20.3. The molecule has 1 fully saturated rings. The van der Waals surface area contributed by atoms with Gasteiger partial charge in [-0.25, -0.2) is 14.4 Å². The number of para-hydroxylation sites is 1. The van der Waals surface area contributed by atoms with E-state index in [0.29, 0.717) is 35.7 Å². The number of amides is 1. The molecule has 10 heteroatoms. The van der Waals surface area contributed by atoms with E-state index in [4.69, 9.17) is 10.00 Å². The normalized spacial score (nSPS) is 14.7. The summed E-state index contributed by atoms with van der Waals surface area (Å²) in [7, 11) is 0. The largest absolute Gasteiger partial charge is 0.457 e. The lowest BCUT2D eigenvalue weighted by atomic mass is 10.0. The first-order valence-corrected chi connectivity index (χ1v) is 12.0. The third-order valence-corrected chi connectivity index (χ3v) is 6.41. The smallest absolute Gasteiger partial charge is 0.264 e.